The molecular formula is C45H57N7O7S. The Labute approximate surface area is 355 Å². The number of carbonyl (C=O) groups excluding carboxylic acids is 3. The number of nitrogens with one attached hydrogen (secondary N) is 4. The standard InChI is InChI=1S/C45H57N7O7S/c1-11-27-22-45(27,41(56)57)51-39(54)35-20-30(59-36-21-33(34-24-60-42(50-34)46-12-2)49-32-19-29(58-10)17-18-31(32)36)23-52(35)40(55)37(44(7,8)9)48-28-15-13-26(14-16-28)38(53)47-25(3)43(4,5)6/h11,13-19,21,24-25,27,30,35,37,48H,1,12,20,22-23H2,2-10H3,(H,46,50)(H,47,53)(H,51,54)(H,56,57)/t25-,27+,30-,35+,37-,45?/m1/s1. The lowest BCUT2D eigenvalue weighted by molar-refractivity contribution is -0.145. The van der Waals surface area contributed by atoms with Crippen molar-refractivity contribution in [3.05, 3.63) is 72.1 Å². The van der Waals surface area contributed by atoms with Crippen molar-refractivity contribution in [3.63, 3.8) is 0 Å². The van der Waals surface area contributed by atoms with Crippen LogP contribution in [-0.2, 0) is 14.4 Å². The van der Waals surface area contributed by atoms with E-state index in [1.165, 1.54) is 22.3 Å². The predicted octanol–water partition coefficient (Wildman–Crippen LogP) is 6.98. The number of hydrogen-bond acceptors (Lipinski definition) is 11. The Morgan fingerprint density at radius 3 is 2.35 bits per heavy atom. The first-order chi connectivity index (χ1) is 28.3. The Morgan fingerprint density at radius 2 is 1.75 bits per heavy atom. The maximum absolute atomic E-state index is 14.9. The van der Waals surface area contributed by atoms with Crippen LogP contribution in [0.3, 0.4) is 0 Å². The van der Waals surface area contributed by atoms with Gasteiger partial charge < -0.3 is 40.7 Å². The number of nitrogens with zero attached hydrogens (tertiary/aromatic N) is 3. The molecule has 2 aromatic carbocycles. The van der Waals surface area contributed by atoms with Crippen molar-refractivity contribution < 1.29 is 33.8 Å². The third kappa shape index (κ3) is 9.35. The molecule has 5 N–H and O–H groups in total. The van der Waals surface area contributed by atoms with Crippen LogP contribution in [0.2, 0.25) is 0 Å². The SMILES string of the molecule is C=C[C@H]1CC1(NC(=O)[C@@H]1C[C@@H](Oc2cc(-c3csc(NCC)n3)nc3cc(OC)ccc23)CN1C(=O)[C@@H](Nc1ccc(C(=O)N[C@H](C)C(C)(C)C)cc1)C(C)(C)C)C(=O)O. The Hall–Kier alpha value is -5.70. The smallest absolute Gasteiger partial charge is 0.330 e. The number of ether oxygens (including phenoxy) is 2. The Morgan fingerprint density at radius 1 is 1.03 bits per heavy atom. The third-order valence-corrected chi connectivity index (χ3v) is 12.3. The summed E-state index contributed by atoms with van der Waals surface area (Å²) in [6, 6.07) is 12.3. The van der Waals surface area contributed by atoms with Crippen molar-refractivity contribution in [2.75, 3.05) is 30.8 Å². The van der Waals surface area contributed by atoms with Gasteiger partial charge in [-0.1, -0.05) is 47.6 Å². The summed E-state index contributed by atoms with van der Waals surface area (Å²) < 4.78 is 12.3. The minimum absolute atomic E-state index is 0.0395. The molecule has 2 fully saturated rings. The molecule has 0 spiro atoms. The molecule has 15 heteroatoms. The van der Waals surface area contributed by atoms with E-state index in [0.29, 0.717) is 51.6 Å². The lowest BCUT2D eigenvalue weighted by atomic mass is 9.85. The number of pyridine rings is 1. The number of anilines is 2. The highest BCUT2D eigenvalue weighted by atomic mass is 32.1. The average Bonchev–Trinajstić information content (AvgIpc) is 3.47. The van der Waals surface area contributed by atoms with Crippen molar-refractivity contribution in [2.45, 2.75) is 98.0 Å². The van der Waals surface area contributed by atoms with Gasteiger partial charge in [0.25, 0.3) is 5.91 Å². The maximum Gasteiger partial charge on any atom is 0.330 e. The molecule has 1 saturated heterocycles. The van der Waals surface area contributed by atoms with Crippen molar-refractivity contribution in [1.29, 1.82) is 0 Å². The summed E-state index contributed by atoms with van der Waals surface area (Å²) in [7, 11) is 1.58. The number of carboxylic acid groups (broad SMARTS) is 1. The van der Waals surface area contributed by atoms with Crippen LogP contribution in [0.4, 0.5) is 10.8 Å². The lowest BCUT2D eigenvalue weighted by Crippen LogP contribution is -2.56. The molecular weight excluding hydrogens is 783 g/mol. The molecule has 2 aromatic heterocycles. The summed E-state index contributed by atoms with van der Waals surface area (Å²) in [4.78, 5) is 65.8. The van der Waals surface area contributed by atoms with Crippen molar-refractivity contribution >= 4 is 56.7 Å². The van der Waals surface area contributed by atoms with Gasteiger partial charge in [-0.3, -0.25) is 14.4 Å². The van der Waals surface area contributed by atoms with Gasteiger partial charge in [-0.15, -0.1) is 17.9 Å². The molecule has 1 unspecified atom stereocenters. The summed E-state index contributed by atoms with van der Waals surface area (Å²) in [6.45, 7) is 20.4. The zero-order chi connectivity index (χ0) is 43.7. The van der Waals surface area contributed by atoms with Gasteiger partial charge in [-0.05, 0) is 67.5 Å². The van der Waals surface area contributed by atoms with E-state index in [4.69, 9.17) is 19.4 Å². The van der Waals surface area contributed by atoms with E-state index in [1.54, 1.807) is 31.4 Å². The van der Waals surface area contributed by atoms with Gasteiger partial charge in [0.2, 0.25) is 11.8 Å². The number of methoxy groups -OCH3 is 1. The Bertz CT molecular complexity index is 2260. The Kier molecular flexibility index (Phi) is 12.5. The summed E-state index contributed by atoms with van der Waals surface area (Å²) in [5.74, 6) is -1.66. The second-order valence-electron chi connectivity index (χ2n) is 17.8. The highest BCUT2D eigenvalue weighted by Gasteiger charge is 2.61. The number of fused-ring (bicyclic) bond motifs is 1. The number of hydrogen-bond donors (Lipinski definition) is 5. The molecule has 0 radical (unpaired) electrons. The zero-order valence-electron chi connectivity index (χ0n) is 35.8. The van der Waals surface area contributed by atoms with Crippen LogP contribution >= 0.6 is 11.3 Å². The topological polar surface area (TPSA) is 184 Å². The van der Waals surface area contributed by atoms with Gasteiger partial charge in [0.15, 0.2) is 5.13 Å². The van der Waals surface area contributed by atoms with Gasteiger partial charge in [-0.2, -0.15) is 0 Å². The minimum Gasteiger partial charge on any atom is -0.497 e. The number of aliphatic carboxylic acids is 1. The number of rotatable bonds is 15. The fraction of sp³-hybridized carbons (Fsp3) is 0.467. The number of thiazole rings is 1. The predicted molar refractivity (Wildman–Crippen MR) is 235 cm³/mol. The second kappa shape index (κ2) is 17.1. The lowest BCUT2D eigenvalue weighted by Gasteiger charge is -2.36. The van der Waals surface area contributed by atoms with Gasteiger partial charge in [0, 0.05) is 59.1 Å². The maximum atomic E-state index is 14.9. The monoisotopic (exact) mass is 839 g/mol. The number of benzene rings is 2. The number of amides is 3. The largest absolute Gasteiger partial charge is 0.497 e. The highest BCUT2D eigenvalue weighted by Crippen LogP contribution is 2.45. The summed E-state index contributed by atoms with van der Waals surface area (Å²) in [5, 5.41) is 26.0. The van der Waals surface area contributed by atoms with Crippen molar-refractivity contribution in [3.8, 4) is 22.9 Å². The molecule has 1 aliphatic heterocycles. The molecule has 3 heterocycles. The van der Waals surface area contributed by atoms with E-state index in [1.807, 2.05) is 64.3 Å². The molecule has 6 atom stereocenters. The first kappa shape index (κ1) is 43.9. The van der Waals surface area contributed by atoms with Crippen LogP contribution in [-0.4, -0.2) is 93.6 Å². The summed E-state index contributed by atoms with van der Waals surface area (Å²) in [6.07, 6.45) is 1.16. The zero-order valence-corrected chi connectivity index (χ0v) is 36.7. The molecule has 6 rings (SSSR count). The Balaban J connectivity index is 1.31. The molecule has 2 aliphatic rings. The van der Waals surface area contributed by atoms with Crippen LogP contribution in [0.15, 0.2) is 66.6 Å². The molecule has 1 saturated carbocycles. The quantitative estimate of drug-likeness (QED) is 0.0779. The van der Waals surface area contributed by atoms with E-state index < -0.39 is 46.9 Å². The fourth-order valence-electron chi connectivity index (χ4n) is 7.22. The van der Waals surface area contributed by atoms with E-state index in [9.17, 15) is 24.3 Å². The molecule has 60 heavy (non-hydrogen) atoms. The van der Waals surface area contributed by atoms with Crippen LogP contribution in [0.1, 0.15) is 78.6 Å². The molecule has 320 valence electrons. The van der Waals surface area contributed by atoms with Crippen LogP contribution in [0, 0.1) is 16.7 Å². The fourth-order valence-corrected chi connectivity index (χ4v) is 8.00. The van der Waals surface area contributed by atoms with Crippen LogP contribution in [0.5, 0.6) is 11.5 Å². The van der Waals surface area contributed by atoms with E-state index in [2.05, 4.69) is 48.6 Å². The number of carboxylic acids is 1. The molecule has 4 aromatic rings. The van der Waals surface area contributed by atoms with Gasteiger partial charge >= 0.3 is 5.97 Å². The van der Waals surface area contributed by atoms with Gasteiger partial charge in [-0.25, -0.2) is 14.8 Å². The van der Waals surface area contributed by atoms with Crippen molar-refractivity contribution in [1.82, 2.24) is 25.5 Å². The number of likely N-dealkylation sites (tertiary alicyclic amines) is 1. The minimum atomic E-state index is -1.50. The van der Waals surface area contributed by atoms with E-state index in [0.717, 1.165) is 5.13 Å². The first-order valence-electron chi connectivity index (χ1n) is 20.3. The van der Waals surface area contributed by atoms with Gasteiger partial charge in [0.1, 0.15) is 40.9 Å². The highest BCUT2D eigenvalue weighted by molar-refractivity contribution is 7.14. The summed E-state index contributed by atoms with van der Waals surface area (Å²) in [5.41, 5.74) is 0.650. The number of carbonyl (C=O) groups is 4. The normalized spacial score (nSPS) is 21.1. The van der Waals surface area contributed by atoms with Crippen LogP contribution in [0.25, 0.3) is 22.3 Å². The van der Waals surface area contributed by atoms with E-state index in [-0.39, 0.29) is 42.7 Å². The van der Waals surface area contributed by atoms with Crippen LogP contribution < -0.4 is 30.7 Å². The third-order valence-electron chi connectivity index (χ3n) is 11.5. The number of aromatic nitrogens is 2. The van der Waals surface area contributed by atoms with Crippen molar-refractivity contribution in [2.24, 2.45) is 16.7 Å². The van der Waals surface area contributed by atoms with Gasteiger partial charge in [0.05, 0.1) is 24.9 Å². The molecule has 3 amide bonds. The molecule has 0 bridgehead atoms. The summed E-state index contributed by atoms with van der Waals surface area (Å²) >= 11 is 1.46. The molecule has 1 aliphatic carbocycles. The molecule has 14 nitrogen and oxygen atoms in total. The van der Waals surface area contributed by atoms with E-state index >= 15 is 0 Å². The second-order valence-corrected chi connectivity index (χ2v) is 18.7. The average molecular weight is 840 g/mol. The first-order valence-corrected chi connectivity index (χ1v) is 21.2.